The zero-order chi connectivity index (χ0) is 10.0. The van der Waals surface area contributed by atoms with E-state index in [1.807, 2.05) is 32.9 Å². The molecular formula is C10H18O3. The molecular weight excluding hydrogens is 168 g/mol. The van der Waals surface area contributed by atoms with Crippen LogP contribution in [0.5, 0.6) is 0 Å². The lowest BCUT2D eigenvalue weighted by atomic mass is 9.79. The molecule has 0 spiro atoms. The highest BCUT2D eigenvalue weighted by molar-refractivity contribution is 5.06. The lowest BCUT2D eigenvalue weighted by Crippen LogP contribution is -2.42. The fraction of sp³-hybridized carbons (Fsp3) is 0.800. The van der Waals surface area contributed by atoms with Crippen LogP contribution in [0.4, 0.5) is 0 Å². The van der Waals surface area contributed by atoms with Gasteiger partial charge in [0.2, 0.25) is 0 Å². The minimum absolute atomic E-state index is 0.0648. The van der Waals surface area contributed by atoms with Crippen molar-refractivity contribution in [2.24, 2.45) is 17.8 Å². The third-order valence-corrected chi connectivity index (χ3v) is 2.78. The second-order valence-electron chi connectivity index (χ2n) is 4.13. The minimum atomic E-state index is -0.606. The highest BCUT2D eigenvalue weighted by Crippen LogP contribution is 2.29. The van der Waals surface area contributed by atoms with Crippen molar-refractivity contribution >= 4 is 0 Å². The second-order valence-corrected chi connectivity index (χ2v) is 4.13. The van der Waals surface area contributed by atoms with Gasteiger partial charge >= 0.3 is 0 Å². The topological polar surface area (TPSA) is 49.7 Å². The average molecular weight is 186 g/mol. The summed E-state index contributed by atoms with van der Waals surface area (Å²) in [7, 11) is 0. The van der Waals surface area contributed by atoms with Gasteiger partial charge in [0.25, 0.3) is 0 Å². The SMILES string of the molecule is CC(C)C1C=CC(C)[C@@H](OO)C1O. The van der Waals surface area contributed by atoms with E-state index in [2.05, 4.69) is 4.89 Å². The Morgan fingerprint density at radius 2 is 1.92 bits per heavy atom. The molecule has 0 heterocycles. The normalized spacial score (nSPS) is 39.8. The molecule has 0 aromatic carbocycles. The Balaban J connectivity index is 2.76. The molecule has 1 aliphatic carbocycles. The molecule has 0 saturated heterocycles. The van der Waals surface area contributed by atoms with Gasteiger partial charge in [0, 0.05) is 11.8 Å². The average Bonchev–Trinajstić information content (AvgIpc) is 2.04. The van der Waals surface area contributed by atoms with Crippen LogP contribution in [-0.4, -0.2) is 22.6 Å². The van der Waals surface area contributed by atoms with Gasteiger partial charge in [-0.1, -0.05) is 32.9 Å². The summed E-state index contributed by atoms with van der Waals surface area (Å²) < 4.78 is 0. The van der Waals surface area contributed by atoms with Crippen LogP contribution in [0.15, 0.2) is 12.2 Å². The zero-order valence-electron chi connectivity index (χ0n) is 8.34. The molecule has 3 nitrogen and oxygen atoms in total. The van der Waals surface area contributed by atoms with Crippen molar-refractivity contribution in [3.8, 4) is 0 Å². The number of hydrogen-bond donors (Lipinski definition) is 2. The summed E-state index contributed by atoms with van der Waals surface area (Å²) in [6.07, 6.45) is 2.90. The molecule has 0 radical (unpaired) electrons. The van der Waals surface area contributed by atoms with Crippen molar-refractivity contribution < 1.29 is 15.3 Å². The van der Waals surface area contributed by atoms with Crippen LogP contribution in [0.1, 0.15) is 20.8 Å². The van der Waals surface area contributed by atoms with Crippen molar-refractivity contribution in [1.29, 1.82) is 0 Å². The van der Waals surface area contributed by atoms with Gasteiger partial charge in [-0.05, 0) is 5.92 Å². The van der Waals surface area contributed by atoms with Crippen LogP contribution in [0.25, 0.3) is 0 Å². The van der Waals surface area contributed by atoms with Crippen LogP contribution in [0, 0.1) is 17.8 Å². The third kappa shape index (κ3) is 2.10. The van der Waals surface area contributed by atoms with Crippen molar-refractivity contribution in [3.05, 3.63) is 12.2 Å². The molecule has 76 valence electrons. The van der Waals surface area contributed by atoms with Gasteiger partial charge in [0.05, 0.1) is 6.10 Å². The first kappa shape index (κ1) is 10.7. The molecule has 0 aromatic heterocycles. The molecule has 1 aliphatic rings. The van der Waals surface area contributed by atoms with E-state index in [9.17, 15) is 5.11 Å². The van der Waals surface area contributed by atoms with E-state index in [-0.39, 0.29) is 11.8 Å². The number of rotatable bonds is 2. The molecule has 0 aromatic rings. The molecule has 3 unspecified atom stereocenters. The number of hydrogen-bond acceptors (Lipinski definition) is 3. The van der Waals surface area contributed by atoms with E-state index >= 15 is 0 Å². The van der Waals surface area contributed by atoms with Gasteiger partial charge in [0.15, 0.2) is 0 Å². The molecule has 1 rings (SSSR count). The lowest BCUT2D eigenvalue weighted by molar-refractivity contribution is -0.309. The van der Waals surface area contributed by atoms with Gasteiger partial charge in [-0.25, -0.2) is 4.89 Å². The fourth-order valence-corrected chi connectivity index (χ4v) is 1.83. The maximum atomic E-state index is 9.83. The molecule has 3 heteroatoms. The van der Waals surface area contributed by atoms with E-state index in [1.165, 1.54) is 0 Å². The second kappa shape index (κ2) is 4.22. The fourth-order valence-electron chi connectivity index (χ4n) is 1.83. The van der Waals surface area contributed by atoms with E-state index in [1.54, 1.807) is 0 Å². The van der Waals surface area contributed by atoms with Crippen LogP contribution in [0.2, 0.25) is 0 Å². The monoisotopic (exact) mass is 186 g/mol. The van der Waals surface area contributed by atoms with Gasteiger partial charge in [-0.15, -0.1) is 0 Å². The first-order valence-electron chi connectivity index (χ1n) is 4.74. The van der Waals surface area contributed by atoms with Crippen molar-refractivity contribution in [3.63, 3.8) is 0 Å². The molecule has 0 fully saturated rings. The molecule has 13 heavy (non-hydrogen) atoms. The van der Waals surface area contributed by atoms with Gasteiger partial charge in [-0.3, -0.25) is 5.26 Å². The van der Waals surface area contributed by atoms with Crippen molar-refractivity contribution in [2.45, 2.75) is 33.0 Å². The maximum Gasteiger partial charge on any atom is 0.125 e. The first-order chi connectivity index (χ1) is 6.07. The predicted octanol–water partition coefficient (Wildman–Crippen LogP) is 1.68. The van der Waals surface area contributed by atoms with E-state index in [0.29, 0.717) is 5.92 Å². The summed E-state index contributed by atoms with van der Waals surface area (Å²) in [5.41, 5.74) is 0. The van der Waals surface area contributed by atoms with Gasteiger partial charge in [0.1, 0.15) is 6.10 Å². The Morgan fingerprint density at radius 3 is 2.38 bits per heavy atom. The standard InChI is InChI=1S/C10H18O3/c1-6(2)8-5-4-7(3)10(13-12)9(8)11/h4-12H,1-3H3/t7?,8?,9?,10-/m1/s1. The summed E-state index contributed by atoms with van der Waals surface area (Å²) in [5.74, 6) is 0.500. The Hall–Kier alpha value is -0.380. The summed E-state index contributed by atoms with van der Waals surface area (Å²) in [4.78, 5) is 4.29. The van der Waals surface area contributed by atoms with Gasteiger partial charge < -0.3 is 5.11 Å². The summed E-state index contributed by atoms with van der Waals surface area (Å²) in [6, 6.07) is 0. The zero-order valence-corrected chi connectivity index (χ0v) is 8.34. The number of aliphatic hydroxyl groups is 1. The Labute approximate surface area is 79.0 Å². The molecule has 0 bridgehead atoms. The first-order valence-corrected chi connectivity index (χ1v) is 4.74. The Morgan fingerprint density at radius 1 is 1.31 bits per heavy atom. The summed E-state index contributed by atoms with van der Waals surface area (Å²) >= 11 is 0. The maximum absolute atomic E-state index is 9.83. The summed E-state index contributed by atoms with van der Waals surface area (Å²) in [5, 5.41) is 18.5. The molecule has 0 aliphatic heterocycles. The van der Waals surface area contributed by atoms with Gasteiger partial charge in [-0.2, -0.15) is 0 Å². The van der Waals surface area contributed by atoms with Crippen molar-refractivity contribution in [1.82, 2.24) is 0 Å². The highest BCUT2D eigenvalue weighted by Gasteiger charge is 2.35. The quantitative estimate of drug-likeness (QED) is 0.392. The molecule has 4 atom stereocenters. The summed E-state index contributed by atoms with van der Waals surface area (Å²) in [6.45, 7) is 6.00. The molecule has 0 amide bonds. The Kier molecular flexibility index (Phi) is 3.47. The predicted molar refractivity (Wildman–Crippen MR) is 50.1 cm³/mol. The van der Waals surface area contributed by atoms with Crippen LogP contribution in [0.3, 0.4) is 0 Å². The molecule has 2 N–H and O–H groups in total. The van der Waals surface area contributed by atoms with Crippen molar-refractivity contribution in [2.75, 3.05) is 0 Å². The Bertz CT molecular complexity index is 189. The van der Waals surface area contributed by atoms with Crippen LogP contribution < -0.4 is 0 Å². The van der Waals surface area contributed by atoms with E-state index in [0.717, 1.165) is 0 Å². The lowest BCUT2D eigenvalue weighted by Gasteiger charge is -2.34. The third-order valence-electron chi connectivity index (χ3n) is 2.78. The molecule has 0 saturated carbocycles. The van der Waals surface area contributed by atoms with E-state index < -0.39 is 12.2 Å². The van der Waals surface area contributed by atoms with E-state index in [4.69, 9.17) is 5.26 Å². The van der Waals surface area contributed by atoms with Crippen LogP contribution in [-0.2, 0) is 4.89 Å². The number of aliphatic hydroxyl groups excluding tert-OH is 1. The smallest absolute Gasteiger partial charge is 0.125 e. The minimum Gasteiger partial charge on any atom is -0.390 e. The highest BCUT2D eigenvalue weighted by atomic mass is 17.1. The van der Waals surface area contributed by atoms with Crippen LogP contribution >= 0.6 is 0 Å². The largest absolute Gasteiger partial charge is 0.390 e.